The summed E-state index contributed by atoms with van der Waals surface area (Å²) in [6.07, 6.45) is 3.93. The first-order chi connectivity index (χ1) is 13.3. The number of halogens is 1. The zero-order valence-electron chi connectivity index (χ0n) is 14.4. The topological polar surface area (TPSA) is 55.5 Å². The quantitative estimate of drug-likeness (QED) is 0.478. The molecule has 0 bridgehead atoms. The minimum atomic E-state index is 0.767. The Balaban J connectivity index is 1.48. The van der Waals surface area contributed by atoms with Crippen LogP contribution in [-0.4, -0.2) is 45.9 Å². The molecular weight excluding hydrogens is 426 g/mol. The maximum absolute atomic E-state index is 5.45. The first-order valence-electron chi connectivity index (χ1n) is 8.67. The summed E-state index contributed by atoms with van der Waals surface area (Å²) in [5, 5.41) is 10.5. The maximum atomic E-state index is 5.45. The van der Waals surface area contributed by atoms with Gasteiger partial charge in [-0.3, -0.25) is 9.38 Å². The van der Waals surface area contributed by atoms with E-state index in [0.29, 0.717) is 0 Å². The first-order valence-corrected chi connectivity index (χ1v) is 10.3. The Kier molecular flexibility index (Phi) is 4.47. The molecule has 0 N–H and O–H groups in total. The van der Waals surface area contributed by atoms with Crippen LogP contribution >= 0.6 is 27.7 Å². The van der Waals surface area contributed by atoms with E-state index in [1.807, 2.05) is 28.9 Å². The summed E-state index contributed by atoms with van der Waals surface area (Å²) in [6, 6.07) is 12.4. The fourth-order valence-corrected chi connectivity index (χ4v) is 4.37. The zero-order valence-corrected chi connectivity index (χ0v) is 16.8. The van der Waals surface area contributed by atoms with E-state index in [1.165, 1.54) is 0 Å². The Morgan fingerprint density at radius 2 is 1.93 bits per heavy atom. The molecule has 0 unspecified atom stereocenters. The third kappa shape index (κ3) is 3.40. The van der Waals surface area contributed by atoms with E-state index in [2.05, 4.69) is 60.3 Å². The van der Waals surface area contributed by atoms with Crippen LogP contribution in [0.1, 0.15) is 0 Å². The van der Waals surface area contributed by atoms with Gasteiger partial charge in [-0.1, -0.05) is 0 Å². The molecule has 6 nitrogen and oxygen atoms in total. The van der Waals surface area contributed by atoms with Gasteiger partial charge in [0.2, 0.25) is 0 Å². The fraction of sp³-hybridized carbons (Fsp3) is 0.211. The molecule has 0 radical (unpaired) electrons. The number of fused-ring (bicyclic) bond motifs is 2. The smallest absolute Gasteiger partial charge is 0.200 e. The molecule has 0 amide bonds. The van der Waals surface area contributed by atoms with Gasteiger partial charge >= 0.3 is 0 Å². The normalized spacial score (nSPS) is 14.9. The summed E-state index contributed by atoms with van der Waals surface area (Å²) in [6.45, 7) is 3.34. The van der Waals surface area contributed by atoms with Crippen molar-refractivity contribution in [3.63, 3.8) is 0 Å². The maximum Gasteiger partial charge on any atom is 0.200 e. The van der Waals surface area contributed by atoms with Gasteiger partial charge in [-0.2, -0.15) is 0 Å². The van der Waals surface area contributed by atoms with Crippen molar-refractivity contribution in [2.24, 2.45) is 0 Å². The second-order valence-electron chi connectivity index (χ2n) is 6.31. The monoisotopic (exact) mass is 441 g/mol. The number of benzene rings is 1. The van der Waals surface area contributed by atoms with Crippen LogP contribution in [0.5, 0.6) is 0 Å². The number of nitrogens with zero attached hydrogens (tertiary/aromatic N) is 5. The van der Waals surface area contributed by atoms with Crippen LogP contribution in [0.2, 0.25) is 0 Å². The van der Waals surface area contributed by atoms with E-state index >= 15 is 0 Å². The van der Waals surface area contributed by atoms with E-state index in [4.69, 9.17) is 4.74 Å². The molecule has 5 rings (SSSR count). The summed E-state index contributed by atoms with van der Waals surface area (Å²) in [5.41, 5.74) is 2.97. The molecule has 1 aliphatic rings. The molecule has 8 heteroatoms. The Hall–Kier alpha value is -2.16. The lowest BCUT2D eigenvalue weighted by molar-refractivity contribution is 0.122. The van der Waals surface area contributed by atoms with Crippen molar-refractivity contribution in [2.75, 3.05) is 31.2 Å². The third-order valence-corrected chi connectivity index (χ3v) is 5.98. The number of pyridine rings is 2. The number of hydrogen-bond donors (Lipinski definition) is 0. The molecule has 3 aromatic heterocycles. The van der Waals surface area contributed by atoms with Crippen LogP contribution in [0.25, 0.3) is 16.6 Å². The first kappa shape index (κ1) is 17.0. The molecule has 27 heavy (non-hydrogen) atoms. The minimum Gasteiger partial charge on any atom is -0.378 e. The highest BCUT2D eigenvalue weighted by Gasteiger charge is 2.13. The molecule has 1 aromatic carbocycles. The summed E-state index contributed by atoms with van der Waals surface area (Å²) >= 11 is 5.10. The number of morpholine rings is 1. The van der Waals surface area contributed by atoms with Gasteiger partial charge in [-0.05, 0) is 64.1 Å². The lowest BCUT2D eigenvalue weighted by Gasteiger charge is -2.28. The highest BCUT2D eigenvalue weighted by molar-refractivity contribution is 9.10. The van der Waals surface area contributed by atoms with Crippen LogP contribution in [0, 0.1) is 0 Å². The Bertz CT molecular complexity index is 1130. The molecular formula is C19H16BrN5OS. The van der Waals surface area contributed by atoms with Gasteiger partial charge in [0.05, 0.1) is 30.6 Å². The van der Waals surface area contributed by atoms with Gasteiger partial charge in [0.15, 0.2) is 10.8 Å². The summed E-state index contributed by atoms with van der Waals surface area (Å²) in [7, 11) is 0. The highest BCUT2D eigenvalue weighted by atomic mass is 79.9. The van der Waals surface area contributed by atoms with Crippen LogP contribution < -0.4 is 4.90 Å². The molecule has 1 fully saturated rings. The Labute approximate surface area is 168 Å². The molecule has 136 valence electrons. The third-order valence-electron chi connectivity index (χ3n) is 4.56. The fourth-order valence-electron chi connectivity index (χ4n) is 3.17. The zero-order chi connectivity index (χ0) is 18.2. The summed E-state index contributed by atoms with van der Waals surface area (Å²) < 4.78 is 8.43. The number of ether oxygens (including phenoxy) is 1. The van der Waals surface area contributed by atoms with E-state index in [9.17, 15) is 0 Å². The van der Waals surface area contributed by atoms with Crippen LogP contribution in [-0.2, 0) is 4.74 Å². The van der Waals surface area contributed by atoms with E-state index in [1.54, 1.807) is 11.8 Å². The summed E-state index contributed by atoms with van der Waals surface area (Å²) in [4.78, 5) is 8.05. The molecule has 0 aliphatic carbocycles. The lowest BCUT2D eigenvalue weighted by atomic mass is 10.2. The van der Waals surface area contributed by atoms with Crippen molar-refractivity contribution < 1.29 is 4.74 Å². The number of aromatic nitrogens is 4. The van der Waals surface area contributed by atoms with Gasteiger partial charge in [0.1, 0.15) is 0 Å². The van der Waals surface area contributed by atoms with Gasteiger partial charge in [0, 0.05) is 34.0 Å². The van der Waals surface area contributed by atoms with Gasteiger partial charge in [0.25, 0.3) is 0 Å². The predicted octanol–water partition coefficient (Wildman–Crippen LogP) is 4.03. The largest absolute Gasteiger partial charge is 0.378 e. The number of hydrogen-bond acceptors (Lipinski definition) is 6. The molecule has 1 aliphatic heterocycles. The van der Waals surface area contributed by atoms with E-state index in [-0.39, 0.29) is 0 Å². The van der Waals surface area contributed by atoms with E-state index < -0.39 is 0 Å². The van der Waals surface area contributed by atoms with Crippen molar-refractivity contribution in [1.29, 1.82) is 0 Å². The van der Waals surface area contributed by atoms with Crippen molar-refractivity contribution in [1.82, 2.24) is 19.6 Å². The van der Waals surface area contributed by atoms with Gasteiger partial charge in [-0.15, -0.1) is 10.2 Å². The van der Waals surface area contributed by atoms with Gasteiger partial charge in [-0.25, -0.2) is 0 Å². The second kappa shape index (κ2) is 7.10. The predicted molar refractivity (Wildman–Crippen MR) is 110 cm³/mol. The lowest BCUT2D eigenvalue weighted by Crippen LogP contribution is -2.36. The SMILES string of the molecule is Brc1ccc2nnc(Sc3ccc4ncc(N5CCOCC5)cc4c3)n2c1. The van der Waals surface area contributed by atoms with Crippen LogP contribution in [0.3, 0.4) is 0 Å². The van der Waals surface area contributed by atoms with Crippen molar-refractivity contribution in [2.45, 2.75) is 10.1 Å². The molecule has 4 aromatic rings. The van der Waals surface area contributed by atoms with Crippen LogP contribution in [0.4, 0.5) is 5.69 Å². The van der Waals surface area contributed by atoms with Crippen molar-refractivity contribution >= 4 is 49.9 Å². The minimum absolute atomic E-state index is 0.767. The molecule has 4 heterocycles. The number of rotatable bonds is 3. The average Bonchev–Trinajstić information content (AvgIpc) is 3.10. The van der Waals surface area contributed by atoms with Gasteiger partial charge < -0.3 is 9.64 Å². The molecule has 1 saturated heterocycles. The molecule has 0 spiro atoms. The van der Waals surface area contributed by atoms with E-state index in [0.717, 1.165) is 63.1 Å². The van der Waals surface area contributed by atoms with Crippen molar-refractivity contribution in [3.05, 3.63) is 53.3 Å². The Morgan fingerprint density at radius 3 is 2.81 bits per heavy atom. The summed E-state index contributed by atoms with van der Waals surface area (Å²) in [5.74, 6) is 0. The average molecular weight is 442 g/mol. The second-order valence-corrected chi connectivity index (χ2v) is 8.26. The molecule has 0 saturated carbocycles. The number of anilines is 1. The van der Waals surface area contributed by atoms with Crippen molar-refractivity contribution in [3.8, 4) is 0 Å². The van der Waals surface area contributed by atoms with Crippen LogP contribution in [0.15, 0.2) is 63.3 Å². The Morgan fingerprint density at radius 1 is 1.04 bits per heavy atom. The highest BCUT2D eigenvalue weighted by Crippen LogP contribution is 2.30. The standard InChI is InChI=1S/C19H16BrN5OS/c20-14-1-4-18-22-23-19(25(18)12-14)27-16-2-3-17-13(10-16)9-15(11-21-17)24-5-7-26-8-6-24/h1-4,9-12H,5-8H2. The molecule has 0 atom stereocenters.